The molecule has 3 aromatic rings. The standard InChI is InChI=1S/C25H31N5O3/c1-18-26-23(33-28-18)20-7-5-6-19(16-20)17-29-12-14-30(15-13-29)22-10-8-21(9-11-22)27-24(31)32-25(2,3)4/h5-11,16H,12-15,17H2,1-4H3,(H,27,31). The van der Waals surface area contributed by atoms with E-state index in [1.807, 2.05) is 64.1 Å². The van der Waals surface area contributed by atoms with E-state index in [-0.39, 0.29) is 0 Å². The average molecular weight is 450 g/mol. The Kier molecular flexibility index (Phi) is 6.65. The molecular weight excluding hydrogens is 418 g/mol. The fourth-order valence-electron chi connectivity index (χ4n) is 3.82. The maximum Gasteiger partial charge on any atom is 0.412 e. The predicted octanol–water partition coefficient (Wildman–Crippen LogP) is 4.71. The molecule has 174 valence electrons. The van der Waals surface area contributed by atoms with Gasteiger partial charge in [-0.3, -0.25) is 10.2 Å². The summed E-state index contributed by atoms with van der Waals surface area (Å²) in [6.45, 7) is 12.1. The van der Waals surface area contributed by atoms with Gasteiger partial charge in [-0.05, 0) is 69.7 Å². The van der Waals surface area contributed by atoms with Crippen LogP contribution in [0.4, 0.5) is 16.2 Å². The number of piperazine rings is 1. The molecule has 1 fully saturated rings. The summed E-state index contributed by atoms with van der Waals surface area (Å²) in [6.07, 6.45) is -0.442. The van der Waals surface area contributed by atoms with Crippen molar-refractivity contribution in [3.63, 3.8) is 0 Å². The van der Waals surface area contributed by atoms with Gasteiger partial charge < -0.3 is 14.2 Å². The van der Waals surface area contributed by atoms with Gasteiger partial charge in [0.1, 0.15) is 5.60 Å². The van der Waals surface area contributed by atoms with Crippen molar-refractivity contribution in [3.05, 3.63) is 59.9 Å². The summed E-state index contributed by atoms with van der Waals surface area (Å²) in [5, 5.41) is 6.66. The van der Waals surface area contributed by atoms with Crippen LogP contribution in [-0.2, 0) is 11.3 Å². The molecule has 1 aliphatic rings. The monoisotopic (exact) mass is 449 g/mol. The number of benzene rings is 2. The third-order valence-corrected chi connectivity index (χ3v) is 5.36. The molecule has 2 heterocycles. The van der Waals surface area contributed by atoms with Crippen LogP contribution in [0.1, 0.15) is 32.2 Å². The van der Waals surface area contributed by atoms with E-state index in [2.05, 4.69) is 37.4 Å². The molecule has 8 heteroatoms. The summed E-state index contributed by atoms with van der Waals surface area (Å²) in [5.74, 6) is 1.20. The highest BCUT2D eigenvalue weighted by molar-refractivity contribution is 5.85. The first-order valence-corrected chi connectivity index (χ1v) is 11.2. The summed E-state index contributed by atoms with van der Waals surface area (Å²) in [4.78, 5) is 21.1. The molecule has 1 aliphatic heterocycles. The highest BCUT2D eigenvalue weighted by atomic mass is 16.6. The highest BCUT2D eigenvalue weighted by Gasteiger charge is 2.19. The van der Waals surface area contributed by atoms with Crippen LogP contribution in [0.25, 0.3) is 11.5 Å². The first-order chi connectivity index (χ1) is 15.7. The first-order valence-electron chi connectivity index (χ1n) is 11.2. The number of anilines is 2. The van der Waals surface area contributed by atoms with E-state index >= 15 is 0 Å². The van der Waals surface area contributed by atoms with Gasteiger partial charge in [0.2, 0.25) is 0 Å². The number of nitrogens with one attached hydrogen (secondary N) is 1. The lowest BCUT2D eigenvalue weighted by Crippen LogP contribution is -2.45. The molecular formula is C25H31N5O3. The normalized spacial score (nSPS) is 14.8. The largest absolute Gasteiger partial charge is 0.444 e. The smallest absolute Gasteiger partial charge is 0.412 e. The van der Waals surface area contributed by atoms with Gasteiger partial charge in [0.15, 0.2) is 5.82 Å². The second kappa shape index (κ2) is 9.62. The minimum absolute atomic E-state index is 0.442. The quantitative estimate of drug-likeness (QED) is 0.604. The predicted molar refractivity (Wildman–Crippen MR) is 128 cm³/mol. The Morgan fingerprint density at radius 1 is 1.09 bits per heavy atom. The minimum Gasteiger partial charge on any atom is -0.444 e. The van der Waals surface area contributed by atoms with Crippen molar-refractivity contribution in [2.75, 3.05) is 36.4 Å². The summed E-state index contributed by atoms with van der Waals surface area (Å²) in [6, 6.07) is 16.2. The number of amides is 1. The van der Waals surface area contributed by atoms with Gasteiger partial charge in [0.05, 0.1) is 0 Å². The number of carbonyl (C=O) groups is 1. The summed E-state index contributed by atoms with van der Waals surface area (Å²) >= 11 is 0. The Bertz CT molecular complexity index is 1080. The fraction of sp³-hybridized carbons (Fsp3) is 0.400. The Labute approximate surface area is 194 Å². The molecule has 2 aromatic carbocycles. The number of hydrogen-bond donors (Lipinski definition) is 1. The molecule has 0 atom stereocenters. The van der Waals surface area contributed by atoms with Crippen LogP contribution < -0.4 is 10.2 Å². The summed E-state index contributed by atoms with van der Waals surface area (Å²) in [5.41, 5.74) is 3.54. The van der Waals surface area contributed by atoms with Crippen molar-refractivity contribution in [3.8, 4) is 11.5 Å². The van der Waals surface area contributed by atoms with Crippen molar-refractivity contribution in [1.82, 2.24) is 15.0 Å². The van der Waals surface area contributed by atoms with Crippen LogP contribution in [0.3, 0.4) is 0 Å². The Hall–Kier alpha value is -3.39. The van der Waals surface area contributed by atoms with Crippen LogP contribution in [0.15, 0.2) is 53.1 Å². The van der Waals surface area contributed by atoms with Crippen LogP contribution in [0, 0.1) is 6.92 Å². The van der Waals surface area contributed by atoms with Gasteiger partial charge in [-0.2, -0.15) is 4.98 Å². The van der Waals surface area contributed by atoms with E-state index in [0.717, 1.165) is 49.7 Å². The molecule has 0 aliphatic carbocycles. The van der Waals surface area contributed by atoms with E-state index in [9.17, 15) is 4.79 Å². The SMILES string of the molecule is Cc1noc(-c2cccc(CN3CCN(c4ccc(NC(=O)OC(C)(C)C)cc4)CC3)c2)n1. The van der Waals surface area contributed by atoms with Crippen LogP contribution in [0.2, 0.25) is 0 Å². The van der Waals surface area contributed by atoms with Crippen molar-refractivity contribution in [2.24, 2.45) is 0 Å². The molecule has 33 heavy (non-hydrogen) atoms. The Balaban J connectivity index is 1.29. The zero-order chi connectivity index (χ0) is 23.4. The molecule has 4 rings (SSSR count). The van der Waals surface area contributed by atoms with E-state index in [4.69, 9.17) is 9.26 Å². The van der Waals surface area contributed by atoms with E-state index in [1.165, 1.54) is 5.56 Å². The van der Waals surface area contributed by atoms with Crippen molar-refractivity contribution < 1.29 is 14.1 Å². The number of aryl methyl sites for hydroxylation is 1. The Morgan fingerprint density at radius 2 is 1.82 bits per heavy atom. The molecule has 0 radical (unpaired) electrons. The van der Waals surface area contributed by atoms with Gasteiger partial charge in [0.25, 0.3) is 5.89 Å². The molecule has 0 bridgehead atoms. The topological polar surface area (TPSA) is 83.7 Å². The second-order valence-corrected chi connectivity index (χ2v) is 9.28. The van der Waals surface area contributed by atoms with Gasteiger partial charge in [0, 0.05) is 49.7 Å². The fourth-order valence-corrected chi connectivity index (χ4v) is 3.82. The zero-order valence-electron chi connectivity index (χ0n) is 19.7. The highest BCUT2D eigenvalue weighted by Crippen LogP contribution is 2.22. The number of ether oxygens (including phenoxy) is 1. The molecule has 0 saturated carbocycles. The maximum atomic E-state index is 11.9. The third-order valence-electron chi connectivity index (χ3n) is 5.36. The molecule has 8 nitrogen and oxygen atoms in total. The van der Waals surface area contributed by atoms with E-state index in [1.54, 1.807) is 0 Å². The Morgan fingerprint density at radius 3 is 2.45 bits per heavy atom. The van der Waals surface area contributed by atoms with Gasteiger partial charge >= 0.3 is 6.09 Å². The molecule has 1 N–H and O–H groups in total. The molecule has 1 amide bonds. The van der Waals surface area contributed by atoms with Crippen molar-refractivity contribution >= 4 is 17.5 Å². The molecule has 1 aromatic heterocycles. The average Bonchev–Trinajstić information content (AvgIpc) is 3.20. The third kappa shape index (κ3) is 6.32. The van der Waals surface area contributed by atoms with Gasteiger partial charge in [-0.1, -0.05) is 17.3 Å². The number of hydrogen-bond acceptors (Lipinski definition) is 7. The maximum absolute atomic E-state index is 11.9. The minimum atomic E-state index is -0.517. The van der Waals surface area contributed by atoms with Crippen molar-refractivity contribution in [1.29, 1.82) is 0 Å². The molecule has 0 spiro atoms. The van der Waals surface area contributed by atoms with Crippen LogP contribution in [0.5, 0.6) is 0 Å². The number of rotatable bonds is 5. The van der Waals surface area contributed by atoms with Gasteiger partial charge in [-0.15, -0.1) is 0 Å². The first kappa shape index (κ1) is 22.8. The lowest BCUT2D eigenvalue weighted by atomic mass is 10.1. The number of nitrogens with zero attached hydrogens (tertiary/aromatic N) is 4. The lowest BCUT2D eigenvalue weighted by Gasteiger charge is -2.36. The van der Waals surface area contributed by atoms with E-state index in [0.29, 0.717) is 11.7 Å². The number of carbonyl (C=O) groups excluding carboxylic acids is 1. The van der Waals surface area contributed by atoms with Crippen LogP contribution >= 0.6 is 0 Å². The molecule has 1 saturated heterocycles. The summed E-state index contributed by atoms with van der Waals surface area (Å²) < 4.78 is 10.6. The molecule has 0 unspecified atom stereocenters. The number of aromatic nitrogens is 2. The second-order valence-electron chi connectivity index (χ2n) is 9.28. The van der Waals surface area contributed by atoms with Gasteiger partial charge in [-0.25, -0.2) is 4.79 Å². The lowest BCUT2D eigenvalue weighted by molar-refractivity contribution is 0.0636. The zero-order valence-corrected chi connectivity index (χ0v) is 19.7. The summed E-state index contributed by atoms with van der Waals surface area (Å²) in [7, 11) is 0. The van der Waals surface area contributed by atoms with E-state index < -0.39 is 11.7 Å². The van der Waals surface area contributed by atoms with Crippen molar-refractivity contribution in [2.45, 2.75) is 39.8 Å². The van der Waals surface area contributed by atoms with Crippen LogP contribution in [-0.4, -0.2) is 52.9 Å².